The van der Waals surface area contributed by atoms with Crippen molar-refractivity contribution in [3.05, 3.63) is 35.6 Å². The highest BCUT2D eigenvalue weighted by Gasteiger charge is 2.40. The van der Waals surface area contributed by atoms with E-state index in [1.807, 2.05) is 0 Å². The van der Waals surface area contributed by atoms with Crippen LogP contribution in [0.1, 0.15) is 43.6 Å². The molecule has 6 nitrogen and oxygen atoms in total. The highest BCUT2D eigenvalue weighted by molar-refractivity contribution is 5.81. The standard InChI is InChI=1S/C20H25FN2O4/c21-15-7-5-14(6-8-15)16-12-23(13-17(16)20(26)27)19(25)9-11-22-10-3-1-2-4-18(22)24/h5-8,16-17H,1-4,9-13H2,(H,26,27)/t16-,17+/m0/s1. The molecule has 1 aromatic carbocycles. The molecule has 2 amide bonds. The van der Waals surface area contributed by atoms with Crippen molar-refractivity contribution in [2.45, 2.75) is 38.0 Å². The maximum Gasteiger partial charge on any atom is 0.308 e. The minimum Gasteiger partial charge on any atom is -0.481 e. The smallest absolute Gasteiger partial charge is 0.308 e. The Labute approximate surface area is 157 Å². The predicted molar refractivity (Wildman–Crippen MR) is 96.5 cm³/mol. The van der Waals surface area contributed by atoms with Crippen molar-refractivity contribution in [2.75, 3.05) is 26.2 Å². The number of aliphatic carboxylic acids is 1. The second kappa shape index (κ2) is 8.50. The molecule has 27 heavy (non-hydrogen) atoms. The van der Waals surface area contributed by atoms with Crippen LogP contribution in [0.15, 0.2) is 24.3 Å². The van der Waals surface area contributed by atoms with Crippen LogP contribution in [0.3, 0.4) is 0 Å². The number of halogens is 1. The van der Waals surface area contributed by atoms with Gasteiger partial charge in [-0.3, -0.25) is 14.4 Å². The summed E-state index contributed by atoms with van der Waals surface area (Å²) in [6, 6.07) is 5.78. The normalized spacial score (nSPS) is 23.4. The molecule has 2 atom stereocenters. The molecule has 1 N–H and O–H groups in total. The lowest BCUT2D eigenvalue weighted by Gasteiger charge is -2.22. The number of nitrogens with zero attached hydrogens (tertiary/aromatic N) is 2. The molecule has 3 rings (SSSR count). The number of benzene rings is 1. The maximum atomic E-state index is 13.2. The van der Waals surface area contributed by atoms with Crippen LogP contribution in [-0.4, -0.2) is 58.9 Å². The van der Waals surface area contributed by atoms with Gasteiger partial charge in [-0.2, -0.15) is 0 Å². The van der Waals surface area contributed by atoms with Crippen molar-refractivity contribution >= 4 is 17.8 Å². The molecule has 0 bridgehead atoms. The first-order valence-corrected chi connectivity index (χ1v) is 9.49. The zero-order valence-electron chi connectivity index (χ0n) is 15.3. The average Bonchev–Trinajstić information content (AvgIpc) is 2.99. The predicted octanol–water partition coefficient (Wildman–Crippen LogP) is 2.24. The minimum atomic E-state index is -0.956. The second-order valence-electron chi connectivity index (χ2n) is 7.34. The summed E-state index contributed by atoms with van der Waals surface area (Å²) in [7, 11) is 0. The van der Waals surface area contributed by atoms with E-state index in [2.05, 4.69) is 0 Å². The molecule has 0 saturated carbocycles. The molecule has 2 fully saturated rings. The van der Waals surface area contributed by atoms with Crippen LogP contribution >= 0.6 is 0 Å². The number of amides is 2. The van der Waals surface area contributed by atoms with Crippen LogP contribution in [0, 0.1) is 11.7 Å². The number of carboxylic acids is 1. The highest BCUT2D eigenvalue weighted by atomic mass is 19.1. The van der Waals surface area contributed by atoms with E-state index in [1.165, 1.54) is 12.1 Å². The molecular formula is C20H25FN2O4. The molecular weight excluding hydrogens is 351 g/mol. The largest absolute Gasteiger partial charge is 0.481 e. The Morgan fingerprint density at radius 3 is 2.56 bits per heavy atom. The third-order valence-corrected chi connectivity index (χ3v) is 5.55. The Kier molecular flexibility index (Phi) is 6.08. The summed E-state index contributed by atoms with van der Waals surface area (Å²) in [5.74, 6) is -2.44. The molecule has 0 unspecified atom stereocenters. The van der Waals surface area contributed by atoms with Gasteiger partial charge in [0.1, 0.15) is 5.82 Å². The quantitative estimate of drug-likeness (QED) is 0.855. The molecule has 0 aromatic heterocycles. The fourth-order valence-electron chi connectivity index (χ4n) is 3.97. The zero-order chi connectivity index (χ0) is 19.4. The van der Waals surface area contributed by atoms with Gasteiger partial charge < -0.3 is 14.9 Å². The van der Waals surface area contributed by atoms with Crippen molar-refractivity contribution in [2.24, 2.45) is 5.92 Å². The van der Waals surface area contributed by atoms with Gasteiger partial charge in [-0.25, -0.2) is 4.39 Å². The van der Waals surface area contributed by atoms with Crippen LogP contribution in [0.5, 0.6) is 0 Å². The summed E-state index contributed by atoms with van der Waals surface area (Å²) in [6.45, 7) is 1.51. The molecule has 2 saturated heterocycles. The van der Waals surface area contributed by atoms with E-state index in [9.17, 15) is 23.9 Å². The highest BCUT2D eigenvalue weighted by Crippen LogP contribution is 2.33. The molecule has 0 spiro atoms. The lowest BCUT2D eigenvalue weighted by atomic mass is 9.89. The molecule has 146 valence electrons. The summed E-state index contributed by atoms with van der Waals surface area (Å²) in [4.78, 5) is 39.6. The zero-order valence-corrected chi connectivity index (χ0v) is 15.3. The van der Waals surface area contributed by atoms with Gasteiger partial charge >= 0.3 is 5.97 Å². The number of rotatable bonds is 5. The van der Waals surface area contributed by atoms with E-state index < -0.39 is 11.9 Å². The molecule has 7 heteroatoms. The van der Waals surface area contributed by atoms with Gasteiger partial charge in [0.2, 0.25) is 11.8 Å². The van der Waals surface area contributed by atoms with Crippen molar-refractivity contribution in [3.8, 4) is 0 Å². The lowest BCUT2D eigenvalue weighted by molar-refractivity contribution is -0.141. The van der Waals surface area contributed by atoms with E-state index in [0.29, 0.717) is 26.1 Å². The third-order valence-electron chi connectivity index (χ3n) is 5.55. The third kappa shape index (κ3) is 4.64. The van der Waals surface area contributed by atoms with Crippen LogP contribution in [0.25, 0.3) is 0 Å². The van der Waals surface area contributed by atoms with Crippen molar-refractivity contribution in [1.82, 2.24) is 9.80 Å². The van der Waals surface area contributed by atoms with Crippen LogP contribution < -0.4 is 0 Å². The van der Waals surface area contributed by atoms with Crippen molar-refractivity contribution in [1.29, 1.82) is 0 Å². The van der Waals surface area contributed by atoms with Gasteiger partial charge in [0.25, 0.3) is 0 Å². The van der Waals surface area contributed by atoms with Crippen molar-refractivity contribution < 1.29 is 23.9 Å². The van der Waals surface area contributed by atoms with E-state index in [-0.39, 0.29) is 36.5 Å². The Hall–Kier alpha value is -2.44. The van der Waals surface area contributed by atoms with Gasteiger partial charge in [0, 0.05) is 44.9 Å². The lowest BCUT2D eigenvalue weighted by Crippen LogP contribution is -2.36. The van der Waals surface area contributed by atoms with Gasteiger partial charge in [-0.15, -0.1) is 0 Å². The minimum absolute atomic E-state index is 0.0920. The Bertz CT molecular complexity index is 706. The van der Waals surface area contributed by atoms with Gasteiger partial charge in [-0.05, 0) is 30.5 Å². The Morgan fingerprint density at radius 1 is 1.11 bits per heavy atom. The van der Waals surface area contributed by atoms with Gasteiger partial charge in [0.05, 0.1) is 5.92 Å². The first-order chi connectivity index (χ1) is 13.0. The fourth-order valence-corrected chi connectivity index (χ4v) is 3.97. The first-order valence-electron chi connectivity index (χ1n) is 9.49. The van der Waals surface area contributed by atoms with Crippen LogP contribution in [0.2, 0.25) is 0 Å². The Balaban J connectivity index is 1.62. The molecule has 2 aliphatic heterocycles. The second-order valence-corrected chi connectivity index (χ2v) is 7.34. The molecule has 0 aliphatic carbocycles. The Morgan fingerprint density at radius 2 is 1.85 bits per heavy atom. The number of hydrogen-bond donors (Lipinski definition) is 1. The number of likely N-dealkylation sites (tertiary alicyclic amines) is 2. The van der Waals surface area contributed by atoms with Crippen LogP contribution in [0.4, 0.5) is 4.39 Å². The number of carbonyl (C=O) groups is 3. The van der Waals surface area contributed by atoms with Gasteiger partial charge in [-0.1, -0.05) is 18.6 Å². The number of carboxylic acid groups (broad SMARTS) is 1. The average molecular weight is 376 g/mol. The fraction of sp³-hybridized carbons (Fsp3) is 0.550. The summed E-state index contributed by atoms with van der Waals surface area (Å²) < 4.78 is 13.2. The monoisotopic (exact) mass is 376 g/mol. The number of hydrogen-bond acceptors (Lipinski definition) is 3. The first kappa shape index (κ1) is 19.3. The van der Waals surface area contributed by atoms with E-state index in [4.69, 9.17) is 0 Å². The summed E-state index contributed by atoms with van der Waals surface area (Å²) in [5, 5.41) is 9.53. The van der Waals surface area contributed by atoms with E-state index in [1.54, 1.807) is 21.9 Å². The topological polar surface area (TPSA) is 77.9 Å². The van der Waals surface area contributed by atoms with Crippen LogP contribution in [-0.2, 0) is 14.4 Å². The molecule has 1 aromatic rings. The molecule has 0 radical (unpaired) electrons. The maximum absolute atomic E-state index is 13.2. The number of carbonyl (C=O) groups excluding carboxylic acids is 2. The van der Waals surface area contributed by atoms with E-state index >= 15 is 0 Å². The SMILES string of the molecule is O=C(O)[C@@H]1CN(C(=O)CCN2CCCCCC2=O)C[C@H]1c1ccc(F)cc1. The molecule has 2 aliphatic rings. The van der Waals surface area contributed by atoms with E-state index in [0.717, 1.165) is 24.8 Å². The summed E-state index contributed by atoms with van der Waals surface area (Å²) >= 11 is 0. The summed E-state index contributed by atoms with van der Waals surface area (Å²) in [6.07, 6.45) is 3.62. The molecule has 2 heterocycles. The summed E-state index contributed by atoms with van der Waals surface area (Å²) in [5.41, 5.74) is 0.724. The van der Waals surface area contributed by atoms with Gasteiger partial charge in [0.15, 0.2) is 0 Å². The van der Waals surface area contributed by atoms with Crippen molar-refractivity contribution in [3.63, 3.8) is 0 Å².